The van der Waals surface area contributed by atoms with Crippen molar-refractivity contribution in [2.45, 2.75) is 0 Å². The number of nitrogens with zero attached hydrogens (tertiary/aromatic N) is 2. The van der Waals surface area contributed by atoms with Gasteiger partial charge in [0, 0.05) is 39.4 Å². The molecule has 3 aromatic heterocycles. The molecule has 0 aliphatic heterocycles. The van der Waals surface area contributed by atoms with Crippen LogP contribution in [0.3, 0.4) is 0 Å². The molecule has 17 heavy (non-hydrogen) atoms. The minimum atomic E-state index is 1.05. The molecule has 0 unspecified atom stereocenters. The Morgan fingerprint density at radius 2 is 1.94 bits per heavy atom. The fourth-order valence-electron chi connectivity index (χ4n) is 2.20. The van der Waals surface area contributed by atoms with E-state index in [-0.39, 0.29) is 0 Å². The number of hydrogen-bond donors (Lipinski definition) is 0. The first-order chi connectivity index (χ1) is 8.42. The van der Waals surface area contributed by atoms with Crippen LogP contribution in [0.4, 0.5) is 0 Å². The van der Waals surface area contributed by atoms with E-state index in [0.717, 1.165) is 5.52 Å². The van der Waals surface area contributed by atoms with Gasteiger partial charge in [-0.3, -0.25) is 9.97 Å². The minimum absolute atomic E-state index is 1.05. The fourth-order valence-corrected chi connectivity index (χ4v) is 3.30. The first-order valence-corrected chi connectivity index (χ1v) is 6.24. The van der Waals surface area contributed by atoms with Gasteiger partial charge in [0.1, 0.15) is 0 Å². The van der Waals surface area contributed by atoms with E-state index in [9.17, 15) is 0 Å². The lowest BCUT2D eigenvalue weighted by Crippen LogP contribution is -1.76. The molecule has 2 nitrogen and oxygen atoms in total. The molecule has 1 aromatic carbocycles. The van der Waals surface area contributed by atoms with Crippen LogP contribution < -0.4 is 0 Å². The molecule has 0 radical (unpaired) electrons. The number of hydrogen-bond acceptors (Lipinski definition) is 3. The zero-order valence-corrected chi connectivity index (χ0v) is 9.74. The second-order valence-corrected chi connectivity index (χ2v) is 5.10. The topological polar surface area (TPSA) is 25.8 Å². The van der Waals surface area contributed by atoms with Gasteiger partial charge >= 0.3 is 0 Å². The zero-order chi connectivity index (χ0) is 11.2. The van der Waals surface area contributed by atoms with Crippen molar-refractivity contribution in [2.24, 2.45) is 0 Å². The zero-order valence-electron chi connectivity index (χ0n) is 8.92. The van der Waals surface area contributed by atoms with Crippen molar-refractivity contribution in [2.75, 3.05) is 0 Å². The summed E-state index contributed by atoms with van der Waals surface area (Å²) in [5.74, 6) is 0. The Bertz CT molecular complexity index is 842. The average Bonchev–Trinajstić information content (AvgIpc) is 2.73. The maximum Gasteiger partial charge on any atom is 0.0709 e. The van der Waals surface area contributed by atoms with Crippen molar-refractivity contribution in [1.82, 2.24) is 9.97 Å². The van der Waals surface area contributed by atoms with Gasteiger partial charge < -0.3 is 0 Å². The lowest BCUT2D eigenvalue weighted by molar-refractivity contribution is 1.37. The highest BCUT2D eigenvalue weighted by Gasteiger charge is 2.06. The summed E-state index contributed by atoms with van der Waals surface area (Å²) >= 11 is 1.79. The van der Waals surface area contributed by atoms with E-state index in [2.05, 4.69) is 34.2 Å². The highest BCUT2D eigenvalue weighted by Crippen LogP contribution is 2.35. The standard InChI is InChI=1S/C14H8N2S/c1-2-9-6-13-11(7-12(9)16-4-1)10-3-5-15-8-14(10)17-13/h1-8H. The summed E-state index contributed by atoms with van der Waals surface area (Å²) in [7, 11) is 0. The fraction of sp³-hybridized carbons (Fsp3) is 0. The van der Waals surface area contributed by atoms with Crippen molar-refractivity contribution in [3.05, 3.63) is 48.9 Å². The Labute approximate surface area is 102 Å². The molecule has 3 heterocycles. The molecule has 0 spiro atoms. The van der Waals surface area contributed by atoms with Crippen LogP contribution in [0.2, 0.25) is 0 Å². The second-order valence-electron chi connectivity index (χ2n) is 4.02. The Morgan fingerprint density at radius 3 is 2.94 bits per heavy atom. The minimum Gasteiger partial charge on any atom is -0.263 e. The Kier molecular flexibility index (Phi) is 1.73. The number of aromatic nitrogens is 2. The van der Waals surface area contributed by atoms with E-state index in [4.69, 9.17) is 0 Å². The molecule has 0 bridgehead atoms. The van der Waals surface area contributed by atoms with Gasteiger partial charge in [-0.2, -0.15) is 0 Å². The molecule has 80 valence electrons. The summed E-state index contributed by atoms with van der Waals surface area (Å²) in [6, 6.07) is 10.5. The summed E-state index contributed by atoms with van der Waals surface area (Å²) in [6.07, 6.45) is 5.61. The Hall–Kier alpha value is -2.00. The predicted octanol–water partition coefficient (Wildman–Crippen LogP) is 4.00. The second kappa shape index (κ2) is 3.25. The molecule has 3 heteroatoms. The summed E-state index contributed by atoms with van der Waals surface area (Å²) in [5.41, 5.74) is 1.05. The molecule has 0 aliphatic rings. The number of thiophene rings is 1. The molecule has 0 amide bonds. The molecule has 0 atom stereocenters. The highest BCUT2D eigenvalue weighted by atomic mass is 32.1. The van der Waals surface area contributed by atoms with Crippen LogP contribution >= 0.6 is 11.3 Å². The van der Waals surface area contributed by atoms with Gasteiger partial charge in [0.2, 0.25) is 0 Å². The maximum atomic E-state index is 4.41. The molecule has 0 aliphatic carbocycles. The van der Waals surface area contributed by atoms with Crippen LogP contribution in [0.1, 0.15) is 0 Å². The molecule has 4 aromatic rings. The van der Waals surface area contributed by atoms with Gasteiger partial charge in [0.05, 0.1) is 10.2 Å². The van der Waals surface area contributed by atoms with E-state index < -0.39 is 0 Å². The van der Waals surface area contributed by atoms with E-state index in [1.54, 1.807) is 11.3 Å². The van der Waals surface area contributed by atoms with Gasteiger partial charge in [-0.15, -0.1) is 11.3 Å². The van der Waals surface area contributed by atoms with E-state index in [1.807, 2.05) is 24.7 Å². The van der Waals surface area contributed by atoms with Crippen molar-refractivity contribution >= 4 is 42.4 Å². The third kappa shape index (κ3) is 1.26. The largest absolute Gasteiger partial charge is 0.263 e. The van der Waals surface area contributed by atoms with Crippen LogP contribution in [0, 0.1) is 0 Å². The van der Waals surface area contributed by atoms with E-state index in [0.29, 0.717) is 0 Å². The lowest BCUT2D eigenvalue weighted by Gasteiger charge is -1.96. The molecule has 4 rings (SSSR count). The molecule has 0 saturated carbocycles. The normalized spacial score (nSPS) is 11.5. The quantitative estimate of drug-likeness (QED) is 0.461. The van der Waals surface area contributed by atoms with Gasteiger partial charge in [0.25, 0.3) is 0 Å². The number of pyridine rings is 2. The Balaban J connectivity index is 2.28. The number of rotatable bonds is 0. The molecule has 0 saturated heterocycles. The molecule has 0 fully saturated rings. The summed E-state index contributed by atoms with van der Waals surface area (Å²) in [6.45, 7) is 0. The van der Waals surface area contributed by atoms with E-state index in [1.165, 1.54) is 25.6 Å². The number of benzene rings is 1. The Morgan fingerprint density at radius 1 is 0.941 bits per heavy atom. The van der Waals surface area contributed by atoms with Crippen LogP contribution in [0.5, 0.6) is 0 Å². The molecular weight excluding hydrogens is 228 g/mol. The smallest absolute Gasteiger partial charge is 0.0709 e. The summed E-state index contributed by atoms with van der Waals surface area (Å²) in [5, 5.41) is 3.74. The maximum absolute atomic E-state index is 4.41. The molecule has 0 N–H and O–H groups in total. The third-order valence-corrected chi connectivity index (χ3v) is 4.10. The first-order valence-electron chi connectivity index (χ1n) is 5.43. The number of fused-ring (bicyclic) bond motifs is 4. The van der Waals surface area contributed by atoms with Gasteiger partial charge in [-0.1, -0.05) is 6.07 Å². The van der Waals surface area contributed by atoms with Gasteiger partial charge in [-0.05, 0) is 24.3 Å². The monoisotopic (exact) mass is 236 g/mol. The third-order valence-electron chi connectivity index (χ3n) is 3.00. The van der Waals surface area contributed by atoms with Crippen molar-refractivity contribution in [3.8, 4) is 0 Å². The highest BCUT2D eigenvalue weighted by molar-refractivity contribution is 7.25. The van der Waals surface area contributed by atoms with Crippen LogP contribution in [-0.4, -0.2) is 9.97 Å². The summed E-state index contributed by atoms with van der Waals surface area (Å²) in [4.78, 5) is 8.58. The lowest BCUT2D eigenvalue weighted by atomic mass is 10.1. The molecular formula is C14H8N2S. The van der Waals surface area contributed by atoms with E-state index >= 15 is 0 Å². The SMILES string of the molecule is c1cnc2cc3c(cc2c1)sc1cnccc13. The summed E-state index contributed by atoms with van der Waals surface area (Å²) < 4.78 is 2.53. The first kappa shape index (κ1) is 9.07. The van der Waals surface area contributed by atoms with Crippen molar-refractivity contribution in [3.63, 3.8) is 0 Å². The van der Waals surface area contributed by atoms with Crippen LogP contribution in [0.15, 0.2) is 48.9 Å². The van der Waals surface area contributed by atoms with Crippen molar-refractivity contribution < 1.29 is 0 Å². The van der Waals surface area contributed by atoms with Gasteiger partial charge in [-0.25, -0.2) is 0 Å². The van der Waals surface area contributed by atoms with Crippen LogP contribution in [-0.2, 0) is 0 Å². The predicted molar refractivity (Wildman–Crippen MR) is 72.4 cm³/mol. The van der Waals surface area contributed by atoms with Gasteiger partial charge in [0.15, 0.2) is 0 Å². The average molecular weight is 236 g/mol. The van der Waals surface area contributed by atoms with Crippen LogP contribution in [0.25, 0.3) is 31.1 Å². The van der Waals surface area contributed by atoms with Crippen molar-refractivity contribution in [1.29, 1.82) is 0 Å².